The first-order chi connectivity index (χ1) is 9.71. The van der Waals surface area contributed by atoms with Crippen LogP contribution >= 0.6 is 11.6 Å². The molecule has 2 nitrogen and oxygen atoms in total. The quantitative estimate of drug-likeness (QED) is 0.899. The van der Waals surface area contributed by atoms with Crippen LogP contribution in [0.15, 0.2) is 24.3 Å². The number of aliphatic hydroxyl groups is 1. The second-order valence-electron chi connectivity index (χ2n) is 6.32. The first-order valence-electron chi connectivity index (χ1n) is 7.75. The van der Waals surface area contributed by atoms with Crippen LogP contribution < -0.4 is 0 Å². The van der Waals surface area contributed by atoms with E-state index in [0.29, 0.717) is 6.61 Å². The van der Waals surface area contributed by atoms with Crippen molar-refractivity contribution < 1.29 is 9.84 Å². The van der Waals surface area contributed by atoms with Gasteiger partial charge in [0.05, 0.1) is 18.8 Å². The summed E-state index contributed by atoms with van der Waals surface area (Å²) in [4.78, 5) is 0. The molecule has 2 aliphatic rings. The molecule has 0 aromatic heterocycles. The van der Waals surface area contributed by atoms with Crippen molar-refractivity contribution in [2.24, 2.45) is 5.41 Å². The Morgan fingerprint density at radius 3 is 2.35 bits per heavy atom. The minimum Gasteiger partial charge on any atom is -0.392 e. The highest BCUT2D eigenvalue weighted by atomic mass is 35.5. The van der Waals surface area contributed by atoms with Crippen molar-refractivity contribution in [3.8, 4) is 0 Å². The SMILES string of the molecule is OC1CC(OCc2ccc(Cl)cc2)C12CCCCCC2. The van der Waals surface area contributed by atoms with Crippen LogP contribution in [0.3, 0.4) is 0 Å². The fourth-order valence-electron chi connectivity index (χ4n) is 3.78. The van der Waals surface area contributed by atoms with Crippen molar-refractivity contribution in [2.45, 2.75) is 63.8 Å². The monoisotopic (exact) mass is 294 g/mol. The van der Waals surface area contributed by atoms with E-state index >= 15 is 0 Å². The van der Waals surface area contributed by atoms with Gasteiger partial charge < -0.3 is 9.84 Å². The van der Waals surface area contributed by atoms with E-state index in [1.807, 2.05) is 24.3 Å². The zero-order chi connectivity index (χ0) is 14.0. The first-order valence-corrected chi connectivity index (χ1v) is 8.13. The molecule has 0 radical (unpaired) electrons. The van der Waals surface area contributed by atoms with E-state index in [-0.39, 0.29) is 17.6 Å². The third-order valence-electron chi connectivity index (χ3n) is 5.14. The summed E-state index contributed by atoms with van der Waals surface area (Å²) in [6.07, 6.45) is 8.20. The predicted molar refractivity (Wildman–Crippen MR) is 80.8 cm³/mol. The van der Waals surface area contributed by atoms with E-state index in [2.05, 4.69) is 0 Å². The fourth-order valence-corrected chi connectivity index (χ4v) is 3.91. The maximum absolute atomic E-state index is 10.3. The Hall–Kier alpha value is -0.570. The van der Waals surface area contributed by atoms with E-state index in [4.69, 9.17) is 16.3 Å². The number of hydrogen-bond donors (Lipinski definition) is 1. The molecular formula is C17H23ClO2. The number of hydrogen-bond acceptors (Lipinski definition) is 2. The maximum atomic E-state index is 10.3. The van der Waals surface area contributed by atoms with Crippen LogP contribution in [0, 0.1) is 5.41 Å². The zero-order valence-electron chi connectivity index (χ0n) is 11.9. The maximum Gasteiger partial charge on any atom is 0.0721 e. The average molecular weight is 295 g/mol. The molecular weight excluding hydrogens is 272 g/mol. The molecule has 0 heterocycles. The lowest BCUT2D eigenvalue weighted by molar-refractivity contribution is -0.203. The summed E-state index contributed by atoms with van der Waals surface area (Å²) >= 11 is 5.89. The van der Waals surface area contributed by atoms with Gasteiger partial charge in [-0.15, -0.1) is 0 Å². The summed E-state index contributed by atoms with van der Waals surface area (Å²) in [6, 6.07) is 7.82. The fraction of sp³-hybridized carbons (Fsp3) is 0.647. The number of ether oxygens (including phenoxy) is 1. The highest BCUT2D eigenvalue weighted by Crippen LogP contribution is 2.52. The van der Waals surface area contributed by atoms with E-state index in [1.54, 1.807) is 0 Å². The number of halogens is 1. The number of rotatable bonds is 3. The largest absolute Gasteiger partial charge is 0.392 e. The number of aliphatic hydroxyl groups excluding tert-OH is 1. The van der Waals surface area contributed by atoms with Crippen molar-refractivity contribution >= 4 is 11.6 Å². The first kappa shape index (κ1) is 14.4. The molecule has 2 unspecified atom stereocenters. The molecule has 1 spiro atoms. The Morgan fingerprint density at radius 1 is 1.10 bits per heavy atom. The average Bonchev–Trinajstić information content (AvgIpc) is 2.73. The molecule has 1 aromatic rings. The van der Waals surface area contributed by atoms with Gasteiger partial charge in [0.25, 0.3) is 0 Å². The zero-order valence-corrected chi connectivity index (χ0v) is 12.6. The van der Waals surface area contributed by atoms with Crippen LogP contribution in [0.25, 0.3) is 0 Å². The van der Waals surface area contributed by atoms with Crippen molar-refractivity contribution in [2.75, 3.05) is 0 Å². The van der Waals surface area contributed by atoms with E-state index in [1.165, 1.54) is 25.7 Å². The smallest absolute Gasteiger partial charge is 0.0721 e. The molecule has 2 fully saturated rings. The van der Waals surface area contributed by atoms with Crippen molar-refractivity contribution in [3.63, 3.8) is 0 Å². The normalized spacial score (nSPS) is 28.9. The lowest BCUT2D eigenvalue weighted by atomic mass is 9.59. The Morgan fingerprint density at radius 2 is 1.75 bits per heavy atom. The molecule has 1 N–H and O–H groups in total. The third kappa shape index (κ3) is 2.74. The van der Waals surface area contributed by atoms with E-state index < -0.39 is 0 Å². The van der Waals surface area contributed by atoms with Gasteiger partial charge in [0.15, 0.2) is 0 Å². The van der Waals surface area contributed by atoms with Gasteiger partial charge >= 0.3 is 0 Å². The van der Waals surface area contributed by atoms with Crippen LogP contribution in [-0.4, -0.2) is 17.3 Å². The van der Waals surface area contributed by atoms with Gasteiger partial charge in [-0.1, -0.05) is 49.4 Å². The summed E-state index contributed by atoms with van der Waals surface area (Å²) < 4.78 is 6.12. The van der Waals surface area contributed by atoms with Gasteiger partial charge in [-0.3, -0.25) is 0 Å². The van der Waals surface area contributed by atoms with Gasteiger partial charge in [0.1, 0.15) is 0 Å². The molecule has 3 rings (SSSR count). The highest BCUT2D eigenvalue weighted by Gasteiger charge is 2.54. The summed E-state index contributed by atoms with van der Waals surface area (Å²) in [6.45, 7) is 0.621. The molecule has 0 amide bonds. The Balaban J connectivity index is 1.61. The second kappa shape index (κ2) is 6.05. The van der Waals surface area contributed by atoms with Gasteiger partial charge in [0.2, 0.25) is 0 Å². The van der Waals surface area contributed by atoms with E-state index in [0.717, 1.165) is 29.8 Å². The van der Waals surface area contributed by atoms with Crippen LogP contribution in [0.4, 0.5) is 0 Å². The molecule has 20 heavy (non-hydrogen) atoms. The van der Waals surface area contributed by atoms with Crippen LogP contribution in [0.2, 0.25) is 5.02 Å². The van der Waals surface area contributed by atoms with Gasteiger partial charge in [-0.25, -0.2) is 0 Å². The molecule has 110 valence electrons. The Kier molecular flexibility index (Phi) is 4.34. The minimum absolute atomic E-state index is 0.0446. The Bertz CT molecular complexity index is 435. The molecule has 3 heteroatoms. The minimum atomic E-state index is -0.157. The lowest BCUT2D eigenvalue weighted by Gasteiger charge is -2.53. The van der Waals surface area contributed by atoms with Crippen molar-refractivity contribution in [3.05, 3.63) is 34.9 Å². The topological polar surface area (TPSA) is 29.5 Å². The molecule has 1 aromatic carbocycles. The molecule has 2 aliphatic carbocycles. The molecule has 2 saturated carbocycles. The summed E-state index contributed by atoms with van der Waals surface area (Å²) in [5, 5.41) is 11.0. The molecule has 2 atom stereocenters. The summed E-state index contributed by atoms with van der Waals surface area (Å²) in [5.74, 6) is 0. The summed E-state index contributed by atoms with van der Waals surface area (Å²) in [5.41, 5.74) is 1.20. The van der Waals surface area contributed by atoms with Gasteiger partial charge in [0, 0.05) is 16.9 Å². The van der Waals surface area contributed by atoms with Crippen molar-refractivity contribution in [1.82, 2.24) is 0 Å². The van der Waals surface area contributed by atoms with Crippen LogP contribution in [0.5, 0.6) is 0 Å². The third-order valence-corrected chi connectivity index (χ3v) is 5.39. The second-order valence-corrected chi connectivity index (χ2v) is 6.76. The van der Waals surface area contributed by atoms with Crippen LogP contribution in [-0.2, 0) is 11.3 Å². The van der Waals surface area contributed by atoms with Crippen LogP contribution in [0.1, 0.15) is 50.5 Å². The molecule has 0 bridgehead atoms. The van der Waals surface area contributed by atoms with Gasteiger partial charge in [-0.2, -0.15) is 0 Å². The standard InChI is InChI=1S/C17H23ClO2/c18-14-7-5-13(6-8-14)12-20-16-11-15(19)17(16)9-3-1-2-4-10-17/h5-8,15-16,19H,1-4,9-12H2. The lowest BCUT2D eigenvalue weighted by Crippen LogP contribution is -2.57. The molecule has 0 aliphatic heterocycles. The molecule has 0 saturated heterocycles. The summed E-state index contributed by atoms with van der Waals surface area (Å²) in [7, 11) is 0. The van der Waals surface area contributed by atoms with Gasteiger partial charge in [-0.05, 0) is 30.5 Å². The highest BCUT2D eigenvalue weighted by molar-refractivity contribution is 6.30. The predicted octanol–water partition coefficient (Wildman–Crippen LogP) is 4.33. The van der Waals surface area contributed by atoms with E-state index in [9.17, 15) is 5.11 Å². The number of benzene rings is 1. The van der Waals surface area contributed by atoms with Crippen molar-refractivity contribution in [1.29, 1.82) is 0 Å². The Labute approximate surface area is 126 Å².